The summed E-state index contributed by atoms with van der Waals surface area (Å²) in [7, 11) is 0. The van der Waals surface area contributed by atoms with Gasteiger partial charge in [0, 0.05) is 11.6 Å². The molecule has 2 aromatic rings. The lowest BCUT2D eigenvalue weighted by Crippen LogP contribution is -2.17. The zero-order chi connectivity index (χ0) is 13.7. The summed E-state index contributed by atoms with van der Waals surface area (Å²) in [6.07, 6.45) is 1.51. The van der Waals surface area contributed by atoms with Crippen LogP contribution >= 0.6 is 23.2 Å². The van der Waals surface area contributed by atoms with Crippen LogP contribution in [0.25, 0.3) is 5.65 Å². The van der Waals surface area contributed by atoms with E-state index in [0.29, 0.717) is 21.4 Å². The van der Waals surface area contributed by atoms with E-state index >= 15 is 0 Å². The molecule has 18 heavy (non-hydrogen) atoms. The number of rotatable bonds is 1. The first-order chi connectivity index (χ1) is 8.21. The topological polar surface area (TPSA) is 54.6 Å². The molecule has 0 aliphatic rings. The van der Waals surface area contributed by atoms with Crippen molar-refractivity contribution in [2.24, 2.45) is 0 Å². The SMILES string of the molecule is CC(C)(C)c1nc2c(Cl)cc(Cl)cn2c1C(=O)O. The van der Waals surface area contributed by atoms with E-state index in [1.54, 1.807) is 6.07 Å². The molecule has 2 heterocycles. The van der Waals surface area contributed by atoms with Gasteiger partial charge < -0.3 is 5.11 Å². The van der Waals surface area contributed by atoms with E-state index in [1.807, 2.05) is 20.8 Å². The summed E-state index contributed by atoms with van der Waals surface area (Å²) >= 11 is 11.9. The van der Waals surface area contributed by atoms with Crippen LogP contribution in [0.4, 0.5) is 0 Å². The Bertz CT molecular complexity index is 642. The van der Waals surface area contributed by atoms with E-state index in [0.717, 1.165) is 0 Å². The normalized spacial score (nSPS) is 12.1. The zero-order valence-corrected chi connectivity index (χ0v) is 11.7. The minimum absolute atomic E-state index is 0.0990. The highest BCUT2D eigenvalue weighted by molar-refractivity contribution is 6.36. The fourth-order valence-corrected chi connectivity index (χ4v) is 2.31. The standard InChI is InChI=1S/C12H12Cl2N2O2/c1-12(2,3)9-8(11(17)18)16-5-6(13)4-7(14)10(16)15-9/h4-5H,1-3H3,(H,17,18). The van der Waals surface area contributed by atoms with Gasteiger partial charge >= 0.3 is 5.97 Å². The number of hydrogen-bond donors (Lipinski definition) is 1. The number of carboxylic acid groups (broad SMARTS) is 1. The van der Waals surface area contributed by atoms with Crippen LogP contribution in [-0.4, -0.2) is 20.5 Å². The largest absolute Gasteiger partial charge is 0.477 e. The second kappa shape index (κ2) is 4.14. The van der Waals surface area contributed by atoms with Crippen LogP contribution in [0, 0.1) is 0 Å². The molecule has 0 aromatic carbocycles. The van der Waals surface area contributed by atoms with Gasteiger partial charge in [0.15, 0.2) is 11.3 Å². The van der Waals surface area contributed by atoms with Crippen LogP contribution in [0.1, 0.15) is 37.0 Å². The predicted octanol–water partition coefficient (Wildman–Crippen LogP) is 3.64. The summed E-state index contributed by atoms with van der Waals surface area (Å²) in [5.41, 5.74) is 0.597. The van der Waals surface area contributed by atoms with Crippen molar-refractivity contribution in [2.75, 3.05) is 0 Å². The Morgan fingerprint density at radius 2 is 2.00 bits per heavy atom. The fraction of sp³-hybridized carbons (Fsp3) is 0.333. The summed E-state index contributed by atoms with van der Waals surface area (Å²) in [6.45, 7) is 5.70. The van der Waals surface area contributed by atoms with Crippen molar-refractivity contribution in [2.45, 2.75) is 26.2 Å². The van der Waals surface area contributed by atoms with Gasteiger partial charge in [-0.2, -0.15) is 0 Å². The third-order valence-corrected chi connectivity index (χ3v) is 3.04. The second-order valence-corrected chi connectivity index (χ2v) is 5.91. The molecule has 0 spiro atoms. The zero-order valence-electron chi connectivity index (χ0n) is 10.2. The summed E-state index contributed by atoms with van der Waals surface area (Å²) in [6, 6.07) is 1.55. The predicted molar refractivity (Wildman–Crippen MR) is 70.9 cm³/mol. The molecule has 6 heteroatoms. The molecule has 0 bridgehead atoms. The van der Waals surface area contributed by atoms with Crippen LogP contribution in [0.3, 0.4) is 0 Å². The molecule has 2 rings (SSSR count). The molecule has 0 amide bonds. The maximum Gasteiger partial charge on any atom is 0.354 e. The summed E-state index contributed by atoms with van der Waals surface area (Å²) < 4.78 is 1.42. The second-order valence-electron chi connectivity index (χ2n) is 5.06. The molecule has 96 valence electrons. The van der Waals surface area contributed by atoms with Gasteiger partial charge in [0.1, 0.15) is 0 Å². The number of fused-ring (bicyclic) bond motifs is 1. The monoisotopic (exact) mass is 286 g/mol. The Balaban J connectivity index is 2.93. The van der Waals surface area contributed by atoms with Crippen molar-refractivity contribution in [1.82, 2.24) is 9.38 Å². The number of carboxylic acids is 1. The van der Waals surface area contributed by atoms with Gasteiger partial charge in [-0.05, 0) is 6.07 Å². The van der Waals surface area contributed by atoms with E-state index in [-0.39, 0.29) is 5.69 Å². The number of nitrogens with zero attached hydrogens (tertiary/aromatic N) is 2. The number of hydrogen-bond acceptors (Lipinski definition) is 2. The molecule has 0 fully saturated rings. The molecular weight excluding hydrogens is 275 g/mol. The Hall–Kier alpha value is -1.26. The number of imidazole rings is 1. The molecule has 0 atom stereocenters. The number of aromatic nitrogens is 2. The highest BCUT2D eigenvalue weighted by Crippen LogP contribution is 2.30. The fourth-order valence-electron chi connectivity index (χ4n) is 1.80. The van der Waals surface area contributed by atoms with E-state index in [4.69, 9.17) is 23.2 Å². The highest BCUT2D eigenvalue weighted by atomic mass is 35.5. The summed E-state index contributed by atoms with van der Waals surface area (Å²) in [5, 5.41) is 10.1. The van der Waals surface area contributed by atoms with E-state index in [1.165, 1.54) is 10.6 Å². The lowest BCUT2D eigenvalue weighted by Gasteiger charge is -2.16. The molecule has 4 nitrogen and oxygen atoms in total. The minimum atomic E-state index is -1.05. The molecule has 0 saturated carbocycles. The molecule has 0 aliphatic heterocycles. The van der Waals surface area contributed by atoms with E-state index in [2.05, 4.69) is 4.98 Å². The lowest BCUT2D eigenvalue weighted by atomic mass is 9.91. The van der Waals surface area contributed by atoms with Crippen molar-refractivity contribution < 1.29 is 9.90 Å². The smallest absolute Gasteiger partial charge is 0.354 e. The van der Waals surface area contributed by atoms with Crippen molar-refractivity contribution in [3.8, 4) is 0 Å². The third kappa shape index (κ3) is 2.06. The Morgan fingerprint density at radius 3 is 2.50 bits per heavy atom. The maximum absolute atomic E-state index is 11.4. The number of carbonyl (C=O) groups is 1. The third-order valence-electron chi connectivity index (χ3n) is 2.55. The van der Waals surface area contributed by atoms with Gasteiger partial charge in [0.2, 0.25) is 0 Å². The maximum atomic E-state index is 11.4. The molecule has 2 aromatic heterocycles. The van der Waals surface area contributed by atoms with Crippen molar-refractivity contribution in [3.63, 3.8) is 0 Å². The van der Waals surface area contributed by atoms with Gasteiger partial charge in [0.05, 0.1) is 15.7 Å². The van der Waals surface area contributed by atoms with Crippen LogP contribution in [0.5, 0.6) is 0 Å². The molecular formula is C12H12Cl2N2O2. The van der Waals surface area contributed by atoms with Gasteiger partial charge in [-0.25, -0.2) is 9.78 Å². The molecule has 1 N–H and O–H groups in total. The first-order valence-corrected chi connectivity index (χ1v) is 6.08. The van der Waals surface area contributed by atoms with Gasteiger partial charge in [0.25, 0.3) is 0 Å². The van der Waals surface area contributed by atoms with Gasteiger partial charge in [-0.1, -0.05) is 44.0 Å². The van der Waals surface area contributed by atoms with Crippen LogP contribution in [-0.2, 0) is 5.41 Å². The average molecular weight is 287 g/mol. The van der Waals surface area contributed by atoms with Crippen molar-refractivity contribution in [3.05, 3.63) is 33.7 Å². The van der Waals surface area contributed by atoms with E-state index in [9.17, 15) is 9.90 Å². The van der Waals surface area contributed by atoms with Crippen molar-refractivity contribution >= 4 is 34.8 Å². The molecule has 0 aliphatic carbocycles. The van der Waals surface area contributed by atoms with Crippen molar-refractivity contribution in [1.29, 1.82) is 0 Å². The summed E-state index contributed by atoms with van der Waals surface area (Å²) in [5.74, 6) is -1.05. The van der Waals surface area contributed by atoms with Crippen LogP contribution in [0.2, 0.25) is 10.0 Å². The molecule has 0 saturated heterocycles. The van der Waals surface area contributed by atoms with Crippen LogP contribution < -0.4 is 0 Å². The lowest BCUT2D eigenvalue weighted by molar-refractivity contribution is 0.0686. The Kier molecular flexibility index (Phi) is 3.03. The van der Waals surface area contributed by atoms with Gasteiger partial charge in [-0.3, -0.25) is 4.40 Å². The summed E-state index contributed by atoms with van der Waals surface area (Å²) in [4.78, 5) is 15.8. The van der Waals surface area contributed by atoms with Gasteiger partial charge in [-0.15, -0.1) is 0 Å². The van der Waals surface area contributed by atoms with Crippen LogP contribution in [0.15, 0.2) is 12.3 Å². The first kappa shape index (κ1) is 13.2. The Morgan fingerprint density at radius 1 is 1.39 bits per heavy atom. The quantitative estimate of drug-likeness (QED) is 0.871. The number of aromatic carboxylic acids is 1. The molecule has 0 unspecified atom stereocenters. The minimum Gasteiger partial charge on any atom is -0.477 e. The number of halogens is 2. The average Bonchev–Trinajstić information content (AvgIpc) is 2.55. The van der Waals surface area contributed by atoms with E-state index < -0.39 is 11.4 Å². The molecule has 0 radical (unpaired) electrons. The number of pyridine rings is 1. The first-order valence-electron chi connectivity index (χ1n) is 5.32. The highest BCUT2D eigenvalue weighted by Gasteiger charge is 2.28. The Labute approximate surface area is 114 Å².